The fourth-order valence-corrected chi connectivity index (χ4v) is 4.39. The number of hydrogen-bond acceptors (Lipinski definition) is 7. The molecule has 1 heterocycles. The Morgan fingerprint density at radius 2 is 1.15 bits per heavy atom. The van der Waals surface area contributed by atoms with Crippen LogP contribution in [-0.4, -0.2) is 68.4 Å². The first kappa shape index (κ1) is 32.7. The molecule has 0 saturated carbocycles. The highest BCUT2D eigenvalue weighted by Gasteiger charge is 2.50. The van der Waals surface area contributed by atoms with Gasteiger partial charge in [-0.05, 0) is 73.9 Å². The van der Waals surface area contributed by atoms with Crippen molar-refractivity contribution in [1.82, 2.24) is 14.4 Å². The van der Waals surface area contributed by atoms with Crippen molar-refractivity contribution in [3.8, 4) is 0 Å². The Morgan fingerprint density at radius 1 is 0.725 bits per heavy atom. The Hall–Kier alpha value is -3.56. The molecule has 2 rings (SSSR count). The number of rotatable bonds is 4. The van der Waals surface area contributed by atoms with Crippen molar-refractivity contribution in [2.45, 2.75) is 104 Å². The fraction of sp³-hybridized carbons (Fsp3) is 0.600. The third kappa shape index (κ3) is 7.76. The second kappa shape index (κ2) is 11.1. The predicted molar refractivity (Wildman–Crippen MR) is 153 cm³/mol. The summed E-state index contributed by atoms with van der Waals surface area (Å²) >= 11 is 0. The molecule has 222 valence electrons. The van der Waals surface area contributed by atoms with Gasteiger partial charge in [-0.3, -0.25) is 9.69 Å². The number of nitrogens with zero attached hydrogens (tertiary/aromatic N) is 3. The molecule has 10 nitrogen and oxygen atoms in total. The predicted octanol–water partition coefficient (Wildman–Crippen LogP) is 6.39. The highest BCUT2D eigenvalue weighted by Crippen LogP contribution is 2.38. The number of imide groups is 3. The number of fused-ring (bicyclic) bond motifs is 1. The third-order valence-corrected chi connectivity index (χ3v) is 5.95. The third-order valence-electron chi connectivity index (χ3n) is 5.95. The molecule has 0 spiro atoms. The largest absolute Gasteiger partial charge is 0.444 e. The van der Waals surface area contributed by atoms with Gasteiger partial charge in [0.1, 0.15) is 22.8 Å². The van der Waals surface area contributed by atoms with E-state index in [1.165, 1.54) is 7.05 Å². The van der Waals surface area contributed by atoms with Crippen molar-refractivity contribution < 1.29 is 33.4 Å². The number of carbonyl (C=O) groups is 4. The summed E-state index contributed by atoms with van der Waals surface area (Å²) in [6.07, 6.45) is -1.34. The molecule has 1 atom stereocenters. The summed E-state index contributed by atoms with van der Waals surface area (Å²) in [6.45, 7) is 18.4. The lowest BCUT2D eigenvalue weighted by atomic mass is 9.76. The summed E-state index contributed by atoms with van der Waals surface area (Å²) < 4.78 is 18.4. The molecule has 0 aliphatic rings. The van der Waals surface area contributed by atoms with Crippen LogP contribution in [-0.2, 0) is 31.5 Å². The maximum absolute atomic E-state index is 14.4. The molecular formula is C30H45N3O7. The van der Waals surface area contributed by atoms with Crippen LogP contribution in [0.2, 0.25) is 0 Å². The van der Waals surface area contributed by atoms with E-state index >= 15 is 0 Å². The number of ether oxygens (including phenoxy) is 3. The van der Waals surface area contributed by atoms with Gasteiger partial charge in [0.25, 0.3) is 5.91 Å². The van der Waals surface area contributed by atoms with E-state index in [1.807, 2.05) is 42.1 Å². The van der Waals surface area contributed by atoms with E-state index < -0.39 is 52.4 Å². The van der Waals surface area contributed by atoms with Gasteiger partial charge in [-0.1, -0.05) is 32.0 Å². The van der Waals surface area contributed by atoms with E-state index in [0.29, 0.717) is 4.90 Å². The quantitative estimate of drug-likeness (QED) is 0.400. The molecule has 0 radical (unpaired) electrons. The van der Waals surface area contributed by atoms with Crippen LogP contribution in [0.15, 0.2) is 30.5 Å². The maximum atomic E-state index is 14.4. The number of amides is 4. The fourth-order valence-electron chi connectivity index (χ4n) is 4.39. The summed E-state index contributed by atoms with van der Waals surface area (Å²) in [5.41, 5.74) is -2.39. The normalized spacial score (nSPS) is 13.4. The van der Waals surface area contributed by atoms with E-state index in [0.717, 1.165) is 21.4 Å². The Bertz CT molecular complexity index is 1240. The van der Waals surface area contributed by atoms with Crippen LogP contribution in [0.25, 0.3) is 10.9 Å². The van der Waals surface area contributed by atoms with E-state index in [9.17, 15) is 19.2 Å². The highest BCUT2D eigenvalue weighted by atomic mass is 16.6. The SMILES string of the molecule is CN(C(=O)OC(C)(C)C)[C@H](C(=O)N(C(=O)OC(C)(C)C)C(=O)OC(C)(C)C)C(C)(C)c1cn(C)c2ccccc12. The number of carbonyl (C=O) groups excluding carboxylic acids is 4. The van der Waals surface area contributed by atoms with Crippen LogP contribution >= 0.6 is 0 Å². The first-order valence-electron chi connectivity index (χ1n) is 13.3. The Labute approximate surface area is 237 Å². The van der Waals surface area contributed by atoms with E-state index in [4.69, 9.17) is 14.2 Å². The molecule has 0 saturated heterocycles. The lowest BCUT2D eigenvalue weighted by molar-refractivity contribution is -0.137. The number of aromatic nitrogens is 1. The zero-order chi connectivity index (χ0) is 31.0. The van der Waals surface area contributed by atoms with Crippen LogP contribution in [0.3, 0.4) is 0 Å². The number of para-hydroxylation sites is 1. The second-order valence-corrected chi connectivity index (χ2v) is 13.5. The minimum absolute atomic E-state index is 0.342. The maximum Gasteiger partial charge on any atom is 0.426 e. The molecule has 0 aliphatic heterocycles. The zero-order valence-electron chi connectivity index (χ0n) is 26.2. The van der Waals surface area contributed by atoms with Crippen LogP contribution in [0.1, 0.15) is 81.7 Å². The molecule has 4 amide bonds. The van der Waals surface area contributed by atoms with Gasteiger partial charge in [0.2, 0.25) is 0 Å². The first-order chi connectivity index (χ1) is 18.0. The molecule has 0 bridgehead atoms. The molecular weight excluding hydrogens is 514 g/mol. The average molecular weight is 560 g/mol. The van der Waals surface area contributed by atoms with Crippen LogP contribution in [0.5, 0.6) is 0 Å². The van der Waals surface area contributed by atoms with Crippen LogP contribution in [0, 0.1) is 0 Å². The summed E-state index contributed by atoms with van der Waals surface area (Å²) in [5.74, 6) is -0.991. The lowest BCUT2D eigenvalue weighted by Crippen LogP contribution is -2.61. The van der Waals surface area contributed by atoms with E-state index in [2.05, 4.69) is 0 Å². The summed E-state index contributed by atoms with van der Waals surface area (Å²) in [6, 6.07) is 6.26. The topological polar surface area (TPSA) is 107 Å². The first-order valence-corrected chi connectivity index (χ1v) is 13.3. The smallest absolute Gasteiger partial charge is 0.426 e. The number of benzene rings is 1. The summed E-state index contributed by atoms with van der Waals surface area (Å²) in [4.78, 5) is 56.0. The van der Waals surface area contributed by atoms with Crippen molar-refractivity contribution in [2.24, 2.45) is 7.05 Å². The van der Waals surface area contributed by atoms with Crippen LogP contribution in [0.4, 0.5) is 14.4 Å². The Balaban J connectivity index is 2.78. The molecule has 1 aromatic heterocycles. The lowest BCUT2D eigenvalue weighted by Gasteiger charge is -2.41. The van der Waals surface area contributed by atoms with Gasteiger partial charge in [-0.25, -0.2) is 14.4 Å². The highest BCUT2D eigenvalue weighted by molar-refractivity contribution is 6.09. The molecule has 1 aromatic carbocycles. The monoisotopic (exact) mass is 559 g/mol. The van der Waals surface area contributed by atoms with Gasteiger partial charge < -0.3 is 18.8 Å². The second-order valence-electron chi connectivity index (χ2n) is 13.5. The van der Waals surface area contributed by atoms with E-state index in [1.54, 1.807) is 76.2 Å². The zero-order valence-corrected chi connectivity index (χ0v) is 26.2. The Kier molecular flexibility index (Phi) is 9.09. The molecule has 0 fully saturated rings. The molecule has 2 aromatic rings. The van der Waals surface area contributed by atoms with Gasteiger partial charge in [-0.2, -0.15) is 0 Å². The van der Waals surface area contributed by atoms with Crippen molar-refractivity contribution in [3.63, 3.8) is 0 Å². The summed E-state index contributed by atoms with van der Waals surface area (Å²) in [7, 11) is 3.29. The van der Waals surface area contributed by atoms with Crippen LogP contribution < -0.4 is 0 Å². The van der Waals surface area contributed by atoms with Gasteiger partial charge in [-0.15, -0.1) is 4.90 Å². The van der Waals surface area contributed by atoms with Gasteiger partial charge in [0.05, 0.1) is 0 Å². The number of aryl methyl sites for hydroxylation is 1. The average Bonchev–Trinajstić information content (AvgIpc) is 3.07. The van der Waals surface area contributed by atoms with Crippen molar-refractivity contribution >= 4 is 35.1 Å². The van der Waals surface area contributed by atoms with Crippen molar-refractivity contribution in [1.29, 1.82) is 0 Å². The molecule has 40 heavy (non-hydrogen) atoms. The minimum Gasteiger partial charge on any atom is -0.444 e. The van der Waals surface area contributed by atoms with Crippen molar-refractivity contribution in [2.75, 3.05) is 7.05 Å². The van der Waals surface area contributed by atoms with Gasteiger partial charge in [0, 0.05) is 36.6 Å². The standard InChI is InChI=1S/C30H45N3O7/c1-27(2,3)38-24(35)32(13)22(30(10,11)20-18-31(12)21-17-15-14-16-19(20)21)23(34)33(25(36)39-28(4,5)6)26(37)40-29(7,8)9/h14-18,22H,1-13H3/t22-/m1/s1. The molecule has 0 unspecified atom stereocenters. The van der Waals surface area contributed by atoms with Crippen molar-refractivity contribution in [3.05, 3.63) is 36.0 Å². The number of hydrogen-bond donors (Lipinski definition) is 0. The molecule has 0 aliphatic carbocycles. The molecule has 0 N–H and O–H groups in total. The number of likely N-dealkylation sites (N-methyl/N-ethyl adjacent to an activating group) is 1. The Morgan fingerprint density at radius 3 is 1.60 bits per heavy atom. The van der Waals surface area contributed by atoms with Gasteiger partial charge >= 0.3 is 18.3 Å². The molecule has 10 heteroatoms. The summed E-state index contributed by atoms with van der Waals surface area (Å²) in [5, 5.41) is 0.853. The van der Waals surface area contributed by atoms with Gasteiger partial charge in [0.15, 0.2) is 0 Å². The minimum atomic E-state index is -1.38. The van der Waals surface area contributed by atoms with E-state index in [-0.39, 0.29) is 0 Å².